The number of fused-ring (bicyclic) bond motifs is 1. The molecule has 0 atom stereocenters. The number of unbranched alkanes of at least 4 members (excludes halogenated alkanes) is 1. The topological polar surface area (TPSA) is 31.2 Å². The van der Waals surface area contributed by atoms with Crippen molar-refractivity contribution in [2.75, 3.05) is 7.11 Å². The van der Waals surface area contributed by atoms with Crippen molar-refractivity contribution < 1.29 is 9.53 Å². The quantitative estimate of drug-likeness (QED) is 0.584. The molecule has 0 spiro atoms. The second-order valence-corrected chi connectivity index (χ2v) is 6.74. The Morgan fingerprint density at radius 1 is 1.08 bits per heavy atom. The summed E-state index contributed by atoms with van der Waals surface area (Å²) in [4.78, 5) is 13.3. The average Bonchev–Trinajstić information content (AvgIpc) is 2.96. The Labute approximate surface area is 155 Å². The van der Waals surface area contributed by atoms with Gasteiger partial charge in [-0.3, -0.25) is 9.36 Å². The molecular weight excluding hydrogens is 322 g/mol. The zero-order valence-corrected chi connectivity index (χ0v) is 16.1. The van der Waals surface area contributed by atoms with E-state index in [0.29, 0.717) is 0 Å². The minimum atomic E-state index is 0.0306. The SMILES string of the molecule is CCCCc1c(C)n(C(=O)c2ccc(CC)cc2)c2ccc(OC)cc12. The second-order valence-electron chi connectivity index (χ2n) is 6.74. The van der Waals surface area contributed by atoms with Crippen molar-refractivity contribution in [3.63, 3.8) is 0 Å². The third kappa shape index (κ3) is 3.26. The van der Waals surface area contributed by atoms with Crippen LogP contribution >= 0.6 is 0 Å². The van der Waals surface area contributed by atoms with E-state index in [4.69, 9.17) is 4.74 Å². The van der Waals surface area contributed by atoms with Crippen molar-refractivity contribution in [2.45, 2.75) is 46.5 Å². The fourth-order valence-corrected chi connectivity index (χ4v) is 3.53. The van der Waals surface area contributed by atoms with Gasteiger partial charge in [-0.2, -0.15) is 0 Å². The molecule has 0 bridgehead atoms. The lowest BCUT2D eigenvalue weighted by molar-refractivity contribution is 0.0963. The van der Waals surface area contributed by atoms with Gasteiger partial charge in [0.2, 0.25) is 0 Å². The first-order valence-electron chi connectivity index (χ1n) is 9.42. The molecular formula is C23H27NO2. The molecule has 0 N–H and O–H groups in total. The lowest BCUT2D eigenvalue weighted by Gasteiger charge is -2.08. The molecule has 1 heterocycles. The van der Waals surface area contributed by atoms with Crippen LogP contribution in [-0.4, -0.2) is 17.6 Å². The zero-order chi connectivity index (χ0) is 18.7. The van der Waals surface area contributed by atoms with Crippen LogP contribution in [0.4, 0.5) is 0 Å². The number of hydrogen-bond donors (Lipinski definition) is 0. The molecule has 136 valence electrons. The maximum Gasteiger partial charge on any atom is 0.262 e. The number of methoxy groups -OCH3 is 1. The van der Waals surface area contributed by atoms with Gasteiger partial charge in [0.1, 0.15) is 5.75 Å². The Morgan fingerprint density at radius 2 is 1.81 bits per heavy atom. The van der Waals surface area contributed by atoms with Gasteiger partial charge in [-0.1, -0.05) is 32.4 Å². The predicted molar refractivity (Wildman–Crippen MR) is 107 cm³/mol. The molecule has 0 aliphatic heterocycles. The van der Waals surface area contributed by atoms with Gasteiger partial charge < -0.3 is 4.74 Å². The number of rotatable bonds is 6. The van der Waals surface area contributed by atoms with Gasteiger partial charge in [0.25, 0.3) is 5.91 Å². The summed E-state index contributed by atoms with van der Waals surface area (Å²) in [5.74, 6) is 0.857. The fraction of sp³-hybridized carbons (Fsp3) is 0.348. The van der Waals surface area contributed by atoms with Crippen LogP contribution in [0.3, 0.4) is 0 Å². The summed E-state index contributed by atoms with van der Waals surface area (Å²) in [5, 5.41) is 1.12. The highest BCUT2D eigenvalue weighted by Gasteiger charge is 2.20. The van der Waals surface area contributed by atoms with Gasteiger partial charge >= 0.3 is 0 Å². The molecule has 0 amide bonds. The Bertz CT molecular complexity index is 920. The van der Waals surface area contributed by atoms with Gasteiger partial charge in [-0.05, 0) is 67.6 Å². The van der Waals surface area contributed by atoms with E-state index in [1.54, 1.807) is 7.11 Å². The number of aryl methyl sites for hydroxylation is 2. The number of hydrogen-bond acceptors (Lipinski definition) is 2. The molecule has 0 aliphatic carbocycles. The highest BCUT2D eigenvalue weighted by molar-refractivity contribution is 6.04. The zero-order valence-electron chi connectivity index (χ0n) is 16.1. The normalized spacial score (nSPS) is 11.1. The average molecular weight is 349 g/mol. The first-order valence-corrected chi connectivity index (χ1v) is 9.42. The molecule has 0 saturated carbocycles. The third-order valence-electron chi connectivity index (χ3n) is 5.13. The summed E-state index contributed by atoms with van der Waals surface area (Å²) < 4.78 is 7.27. The second kappa shape index (κ2) is 7.77. The van der Waals surface area contributed by atoms with Crippen LogP contribution in [0.5, 0.6) is 5.75 Å². The van der Waals surface area contributed by atoms with Crippen LogP contribution in [0.2, 0.25) is 0 Å². The van der Waals surface area contributed by atoms with Crippen LogP contribution in [0, 0.1) is 6.92 Å². The van der Waals surface area contributed by atoms with Crippen molar-refractivity contribution in [3.05, 3.63) is 64.8 Å². The van der Waals surface area contributed by atoms with Crippen LogP contribution in [0.25, 0.3) is 10.9 Å². The molecule has 0 unspecified atom stereocenters. The summed E-state index contributed by atoms with van der Waals surface area (Å²) in [6, 6.07) is 13.9. The van der Waals surface area contributed by atoms with Crippen molar-refractivity contribution >= 4 is 16.8 Å². The Morgan fingerprint density at radius 3 is 2.42 bits per heavy atom. The molecule has 3 aromatic rings. The first kappa shape index (κ1) is 18.2. The van der Waals surface area contributed by atoms with Crippen molar-refractivity contribution in [3.8, 4) is 5.75 Å². The summed E-state index contributed by atoms with van der Waals surface area (Å²) in [7, 11) is 1.68. The summed E-state index contributed by atoms with van der Waals surface area (Å²) >= 11 is 0. The van der Waals surface area contributed by atoms with Gasteiger partial charge in [0.15, 0.2) is 0 Å². The molecule has 3 heteroatoms. The van der Waals surface area contributed by atoms with Gasteiger partial charge in [0.05, 0.1) is 12.6 Å². The van der Waals surface area contributed by atoms with Gasteiger partial charge in [-0.25, -0.2) is 0 Å². The van der Waals surface area contributed by atoms with E-state index >= 15 is 0 Å². The fourth-order valence-electron chi connectivity index (χ4n) is 3.53. The van der Waals surface area contributed by atoms with E-state index in [2.05, 4.69) is 26.8 Å². The van der Waals surface area contributed by atoms with E-state index in [9.17, 15) is 4.79 Å². The van der Waals surface area contributed by atoms with E-state index in [-0.39, 0.29) is 5.91 Å². The first-order chi connectivity index (χ1) is 12.6. The monoisotopic (exact) mass is 349 g/mol. The van der Waals surface area contributed by atoms with E-state index in [0.717, 1.165) is 53.6 Å². The maximum atomic E-state index is 13.3. The molecule has 3 nitrogen and oxygen atoms in total. The molecule has 0 fully saturated rings. The lowest BCUT2D eigenvalue weighted by atomic mass is 10.0. The number of carbonyl (C=O) groups is 1. The van der Waals surface area contributed by atoms with E-state index < -0.39 is 0 Å². The predicted octanol–water partition coefficient (Wildman–Crippen LogP) is 5.55. The molecule has 0 aliphatic rings. The molecule has 26 heavy (non-hydrogen) atoms. The molecule has 2 aromatic carbocycles. The number of aromatic nitrogens is 1. The van der Waals surface area contributed by atoms with Gasteiger partial charge in [0, 0.05) is 16.6 Å². The third-order valence-corrected chi connectivity index (χ3v) is 5.13. The highest BCUT2D eigenvalue weighted by Crippen LogP contribution is 2.31. The minimum absolute atomic E-state index is 0.0306. The number of benzene rings is 2. The van der Waals surface area contributed by atoms with Crippen LogP contribution in [0.1, 0.15) is 53.9 Å². The van der Waals surface area contributed by atoms with Crippen LogP contribution in [-0.2, 0) is 12.8 Å². The number of ether oxygens (including phenoxy) is 1. The van der Waals surface area contributed by atoms with Gasteiger partial charge in [-0.15, -0.1) is 0 Å². The number of carbonyl (C=O) groups excluding carboxylic acids is 1. The van der Waals surface area contributed by atoms with E-state index in [1.807, 2.05) is 41.0 Å². The largest absolute Gasteiger partial charge is 0.497 e. The van der Waals surface area contributed by atoms with Crippen molar-refractivity contribution in [1.82, 2.24) is 4.57 Å². The van der Waals surface area contributed by atoms with Crippen LogP contribution < -0.4 is 4.74 Å². The molecule has 0 radical (unpaired) electrons. The Hall–Kier alpha value is -2.55. The smallest absolute Gasteiger partial charge is 0.262 e. The van der Waals surface area contributed by atoms with Crippen molar-refractivity contribution in [1.29, 1.82) is 0 Å². The minimum Gasteiger partial charge on any atom is -0.497 e. The summed E-state index contributed by atoms with van der Waals surface area (Å²) in [5.41, 5.74) is 5.20. The molecule has 0 saturated heterocycles. The molecule has 1 aromatic heterocycles. The molecule has 3 rings (SSSR count). The standard InChI is InChI=1S/C23H27NO2/c1-5-7-8-20-16(3)24(22-14-13-19(26-4)15-21(20)22)23(25)18-11-9-17(6-2)10-12-18/h9-15H,5-8H2,1-4H3. The Kier molecular flexibility index (Phi) is 5.46. The summed E-state index contributed by atoms with van der Waals surface area (Å²) in [6.45, 7) is 6.36. The maximum absolute atomic E-state index is 13.3. The highest BCUT2D eigenvalue weighted by atomic mass is 16.5. The van der Waals surface area contributed by atoms with Crippen LogP contribution in [0.15, 0.2) is 42.5 Å². The summed E-state index contributed by atoms with van der Waals surface area (Å²) in [6.07, 6.45) is 4.18. The number of nitrogens with zero attached hydrogens (tertiary/aromatic N) is 1. The van der Waals surface area contributed by atoms with E-state index in [1.165, 1.54) is 11.1 Å². The Balaban J connectivity index is 2.14. The lowest BCUT2D eigenvalue weighted by Crippen LogP contribution is -2.13. The van der Waals surface area contributed by atoms with Crippen molar-refractivity contribution in [2.24, 2.45) is 0 Å².